The van der Waals surface area contributed by atoms with Crippen LogP contribution in [-0.2, 0) is 0 Å². The first-order valence-corrected chi connectivity index (χ1v) is 7.71. The van der Waals surface area contributed by atoms with Gasteiger partial charge in [0.1, 0.15) is 11.4 Å². The number of hydrogen-bond donors (Lipinski definition) is 2. The molecule has 0 unspecified atom stereocenters. The molecule has 0 spiro atoms. The van der Waals surface area contributed by atoms with Crippen molar-refractivity contribution in [1.82, 2.24) is 4.90 Å². The van der Waals surface area contributed by atoms with Gasteiger partial charge in [0.25, 0.3) is 16.8 Å². The van der Waals surface area contributed by atoms with Crippen molar-refractivity contribution < 1.29 is 4.79 Å². The topological polar surface area (TPSA) is 78.5 Å². The van der Waals surface area contributed by atoms with E-state index in [1.165, 1.54) is 4.90 Å². The van der Waals surface area contributed by atoms with Gasteiger partial charge in [-0.05, 0) is 30.3 Å². The Morgan fingerprint density at radius 2 is 1.36 bits per heavy atom. The fourth-order valence-corrected chi connectivity index (χ4v) is 2.43. The number of carbonyl (C=O) groups excluding carboxylic acids is 1. The molecular weight excluding hydrogens is 318 g/mol. The summed E-state index contributed by atoms with van der Waals surface area (Å²) in [6.07, 6.45) is 0. The van der Waals surface area contributed by atoms with Gasteiger partial charge >= 0.3 is 0 Å². The SMILES string of the molecule is CN(C)C(=O)c1cccc(Nc2c(Nc3ccccc3)c(=O)c2=O)c1. The van der Waals surface area contributed by atoms with E-state index < -0.39 is 10.9 Å². The molecule has 25 heavy (non-hydrogen) atoms. The van der Waals surface area contributed by atoms with Crippen LogP contribution in [-0.4, -0.2) is 24.9 Å². The van der Waals surface area contributed by atoms with Crippen molar-refractivity contribution in [2.45, 2.75) is 0 Å². The van der Waals surface area contributed by atoms with Crippen LogP contribution in [0, 0.1) is 0 Å². The van der Waals surface area contributed by atoms with Gasteiger partial charge in [0.05, 0.1) is 0 Å². The van der Waals surface area contributed by atoms with Gasteiger partial charge in [-0.1, -0.05) is 24.3 Å². The Hall–Kier alpha value is -3.41. The molecule has 3 aromatic rings. The zero-order valence-electron chi connectivity index (χ0n) is 13.9. The van der Waals surface area contributed by atoms with Gasteiger partial charge in [-0.2, -0.15) is 0 Å². The molecule has 0 heterocycles. The van der Waals surface area contributed by atoms with Crippen LogP contribution < -0.4 is 21.5 Å². The second-order valence-electron chi connectivity index (χ2n) is 5.80. The van der Waals surface area contributed by atoms with Crippen LogP contribution in [0.5, 0.6) is 0 Å². The van der Waals surface area contributed by atoms with Gasteiger partial charge in [-0.3, -0.25) is 14.4 Å². The molecule has 126 valence electrons. The van der Waals surface area contributed by atoms with Crippen LogP contribution in [0.1, 0.15) is 10.4 Å². The fourth-order valence-electron chi connectivity index (χ4n) is 2.43. The molecule has 0 saturated carbocycles. The summed E-state index contributed by atoms with van der Waals surface area (Å²) < 4.78 is 0. The summed E-state index contributed by atoms with van der Waals surface area (Å²) in [7, 11) is 3.34. The molecule has 3 rings (SSSR count). The van der Waals surface area contributed by atoms with Crippen molar-refractivity contribution in [3.05, 3.63) is 80.6 Å². The van der Waals surface area contributed by atoms with E-state index in [2.05, 4.69) is 10.6 Å². The van der Waals surface area contributed by atoms with Gasteiger partial charge in [0.2, 0.25) is 0 Å². The lowest BCUT2D eigenvalue weighted by Crippen LogP contribution is -2.35. The zero-order valence-corrected chi connectivity index (χ0v) is 13.9. The molecule has 0 aliphatic rings. The number of anilines is 4. The maximum absolute atomic E-state index is 12.0. The molecule has 0 bridgehead atoms. The number of rotatable bonds is 5. The molecule has 6 heteroatoms. The summed E-state index contributed by atoms with van der Waals surface area (Å²) in [5.41, 5.74) is 1.05. The lowest BCUT2D eigenvalue weighted by atomic mass is 10.1. The molecule has 1 amide bonds. The number of amides is 1. The van der Waals surface area contributed by atoms with E-state index in [-0.39, 0.29) is 17.3 Å². The average Bonchev–Trinajstić information content (AvgIpc) is 2.64. The number of nitrogens with one attached hydrogen (secondary N) is 2. The molecular formula is C19H17N3O3. The average molecular weight is 335 g/mol. The van der Waals surface area contributed by atoms with Gasteiger partial charge in [0.15, 0.2) is 0 Å². The van der Waals surface area contributed by atoms with E-state index in [0.29, 0.717) is 16.9 Å². The Morgan fingerprint density at radius 1 is 0.800 bits per heavy atom. The third kappa shape index (κ3) is 3.28. The minimum absolute atomic E-state index is 0.142. The first-order valence-electron chi connectivity index (χ1n) is 7.71. The summed E-state index contributed by atoms with van der Waals surface area (Å²) in [5, 5.41) is 5.90. The molecule has 0 fully saturated rings. The molecule has 2 N–H and O–H groups in total. The van der Waals surface area contributed by atoms with E-state index in [1.807, 2.05) is 18.2 Å². The number of nitrogens with zero attached hydrogens (tertiary/aromatic N) is 1. The van der Waals surface area contributed by atoms with E-state index in [9.17, 15) is 14.4 Å². The quantitative estimate of drug-likeness (QED) is 0.700. The molecule has 0 aromatic heterocycles. The van der Waals surface area contributed by atoms with Gasteiger partial charge in [-0.25, -0.2) is 0 Å². The van der Waals surface area contributed by atoms with Crippen molar-refractivity contribution in [2.75, 3.05) is 24.7 Å². The van der Waals surface area contributed by atoms with Crippen LogP contribution in [0.15, 0.2) is 64.2 Å². The van der Waals surface area contributed by atoms with E-state index in [0.717, 1.165) is 0 Å². The highest BCUT2D eigenvalue weighted by Gasteiger charge is 2.21. The number of hydrogen-bond acceptors (Lipinski definition) is 5. The van der Waals surface area contributed by atoms with Crippen molar-refractivity contribution in [3.63, 3.8) is 0 Å². The van der Waals surface area contributed by atoms with Crippen LogP contribution in [0.25, 0.3) is 0 Å². The van der Waals surface area contributed by atoms with E-state index >= 15 is 0 Å². The maximum Gasteiger partial charge on any atom is 0.253 e. The minimum Gasteiger partial charge on any atom is -0.350 e. The third-order valence-electron chi connectivity index (χ3n) is 3.74. The predicted octanol–water partition coefficient (Wildman–Crippen LogP) is 2.47. The Kier molecular flexibility index (Phi) is 4.35. The Morgan fingerprint density at radius 3 is 1.96 bits per heavy atom. The van der Waals surface area contributed by atoms with Crippen LogP contribution >= 0.6 is 0 Å². The molecule has 0 atom stereocenters. The first-order chi connectivity index (χ1) is 12.0. The molecule has 0 radical (unpaired) electrons. The van der Waals surface area contributed by atoms with Gasteiger partial charge in [-0.15, -0.1) is 0 Å². The van der Waals surface area contributed by atoms with E-state index in [1.54, 1.807) is 50.5 Å². The number of carbonyl (C=O) groups is 1. The first kappa shape index (κ1) is 16.4. The highest BCUT2D eigenvalue weighted by atomic mass is 16.2. The van der Waals surface area contributed by atoms with Crippen LogP contribution in [0.3, 0.4) is 0 Å². The van der Waals surface area contributed by atoms with Crippen LogP contribution in [0.2, 0.25) is 0 Å². The molecule has 0 aliphatic heterocycles. The summed E-state index contributed by atoms with van der Waals surface area (Å²) in [6.45, 7) is 0. The number of benzene rings is 2. The van der Waals surface area contributed by atoms with Crippen molar-refractivity contribution >= 4 is 28.7 Å². The van der Waals surface area contributed by atoms with Crippen molar-refractivity contribution in [1.29, 1.82) is 0 Å². The minimum atomic E-state index is -0.581. The van der Waals surface area contributed by atoms with Crippen LogP contribution in [0.4, 0.5) is 22.7 Å². The summed E-state index contributed by atoms with van der Waals surface area (Å²) in [6, 6.07) is 15.9. The predicted molar refractivity (Wildman–Crippen MR) is 98.8 cm³/mol. The van der Waals surface area contributed by atoms with Crippen molar-refractivity contribution in [2.24, 2.45) is 0 Å². The smallest absolute Gasteiger partial charge is 0.253 e. The lowest BCUT2D eigenvalue weighted by Gasteiger charge is -2.16. The third-order valence-corrected chi connectivity index (χ3v) is 3.74. The monoisotopic (exact) mass is 335 g/mol. The second kappa shape index (κ2) is 6.60. The lowest BCUT2D eigenvalue weighted by molar-refractivity contribution is 0.0827. The van der Waals surface area contributed by atoms with Gasteiger partial charge in [0, 0.05) is 31.0 Å². The largest absolute Gasteiger partial charge is 0.350 e. The summed E-state index contributed by atoms with van der Waals surface area (Å²) >= 11 is 0. The summed E-state index contributed by atoms with van der Waals surface area (Å²) in [4.78, 5) is 37.3. The summed E-state index contributed by atoms with van der Waals surface area (Å²) in [5.74, 6) is -0.142. The highest BCUT2D eigenvalue weighted by Crippen LogP contribution is 2.24. The molecule has 6 nitrogen and oxygen atoms in total. The van der Waals surface area contributed by atoms with Crippen molar-refractivity contribution in [3.8, 4) is 0 Å². The highest BCUT2D eigenvalue weighted by molar-refractivity contribution is 5.95. The maximum atomic E-state index is 12.0. The Bertz CT molecular complexity index is 987. The fraction of sp³-hybridized carbons (Fsp3) is 0.105. The molecule has 0 aliphatic carbocycles. The van der Waals surface area contributed by atoms with E-state index in [4.69, 9.17) is 0 Å². The normalized spacial score (nSPS) is 10.5. The zero-order chi connectivity index (χ0) is 18.0. The molecule has 0 saturated heterocycles. The Balaban J connectivity index is 1.86. The standard InChI is InChI=1S/C19H17N3O3/c1-22(2)19(25)12-7-6-10-14(11-12)21-16-15(17(23)18(16)24)20-13-8-4-3-5-9-13/h3-11,20-21H,1-2H3. The van der Waals surface area contributed by atoms with Gasteiger partial charge < -0.3 is 15.5 Å². The Labute approximate surface area is 144 Å². The second-order valence-corrected chi connectivity index (χ2v) is 5.80. The molecule has 3 aromatic carbocycles. The number of para-hydroxylation sites is 1.